The Morgan fingerprint density at radius 1 is 0.897 bits per heavy atom. The number of imide groups is 1. The lowest BCUT2D eigenvalue weighted by molar-refractivity contribution is -0.121. The fourth-order valence-electron chi connectivity index (χ4n) is 3.72. The minimum Gasteiger partial charge on any atom is -0.366 e. The molecule has 4 rings (SSSR count). The minimum atomic E-state index is -0.275. The molecule has 150 valence electrons. The number of benzene rings is 2. The van der Waals surface area contributed by atoms with Gasteiger partial charge >= 0.3 is 0 Å². The molecule has 2 aromatic carbocycles. The number of amides is 2. The van der Waals surface area contributed by atoms with Gasteiger partial charge in [-0.1, -0.05) is 60.5 Å². The molecule has 29 heavy (non-hydrogen) atoms. The molecule has 2 aliphatic heterocycles. The summed E-state index contributed by atoms with van der Waals surface area (Å²) in [6.45, 7) is 3.50. The van der Waals surface area contributed by atoms with Crippen molar-refractivity contribution in [1.29, 1.82) is 0 Å². The number of carbonyl (C=O) groups is 2. The summed E-state index contributed by atoms with van der Waals surface area (Å²) in [6, 6.07) is 15.1. The first-order chi connectivity index (χ1) is 14.1. The highest BCUT2D eigenvalue weighted by Gasteiger charge is 2.42. The van der Waals surface area contributed by atoms with Crippen LogP contribution < -0.4 is 4.90 Å². The van der Waals surface area contributed by atoms with Crippen LogP contribution in [0.25, 0.3) is 0 Å². The van der Waals surface area contributed by atoms with E-state index in [2.05, 4.69) is 4.90 Å². The van der Waals surface area contributed by atoms with Gasteiger partial charge in [0.05, 0.1) is 5.69 Å². The van der Waals surface area contributed by atoms with Crippen LogP contribution in [0.15, 0.2) is 64.0 Å². The van der Waals surface area contributed by atoms with Gasteiger partial charge in [0.15, 0.2) is 0 Å². The zero-order valence-electron chi connectivity index (χ0n) is 16.4. The maximum atomic E-state index is 13.5. The van der Waals surface area contributed by atoms with Gasteiger partial charge in [-0.2, -0.15) is 0 Å². The Morgan fingerprint density at radius 3 is 2.24 bits per heavy atom. The number of hydrogen-bond donors (Lipinski definition) is 0. The van der Waals surface area contributed by atoms with E-state index >= 15 is 0 Å². The summed E-state index contributed by atoms with van der Waals surface area (Å²) in [7, 11) is 0. The molecule has 2 heterocycles. The summed E-state index contributed by atoms with van der Waals surface area (Å²) >= 11 is 7.65. The van der Waals surface area contributed by atoms with E-state index in [4.69, 9.17) is 11.6 Å². The Bertz CT molecular complexity index is 966. The van der Waals surface area contributed by atoms with Crippen molar-refractivity contribution >= 4 is 40.9 Å². The predicted octanol–water partition coefficient (Wildman–Crippen LogP) is 5.40. The van der Waals surface area contributed by atoms with Gasteiger partial charge in [-0.05, 0) is 49.6 Å². The smallest absolute Gasteiger partial charge is 0.283 e. The van der Waals surface area contributed by atoms with Crippen LogP contribution in [0.3, 0.4) is 0 Å². The second kappa shape index (κ2) is 8.64. The highest BCUT2D eigenvalue weighted by molar-refractivity contribution is 8.04. The molecule has 1 fully saturated rings. The number of carbonyl (C=O) groups excluding carboxylic acids is 2. The standard InChI is InChI=1S/C23H23ClN2O2S/c1-16-11-12-17(15-19(16)24)26-22(27)20(25-13-7-2-3-8-14-25)21(23(26)28)29-18-9-5-4-6-10-18/h4-6,9-12,15H,2-3,7-8,13-14H2,1H3. The Labute approximate surface area is 180 Å². The van der Waals surface area contributed by atoms with E-state index in [9.17, 15) is 9.59 Å². The van der Waals surface area contributed by atoms with Gasteiger partial charge < -0.3 is 4.90 Å². The van der Waals surface area contributed by atoms with Crippen LogP contribution in [0.5, 0.6) is 0 Å². The van der Waals surface area contributed by atoms with Crippen LogP contribution >= 0.6 is 23.4 Å². The van der Waals surface area contributed by atoms with Gasteiger partial charge in [0, 0.05) is 23.0 Å². The fourth-order valence-corrected chi connectivity index (χ4v) is 4.92. The number of anilines is 1. The molecule has 6 heteroatoms. The van der Waals surface area contributed by atoms with Crippen LogP contribution in [0.1, 0.15) is 31.2 Å². The monoisotopic (exact) mass is 426 g/mol. The molecule has 2 aliphatic rings. The first-order valence-electron chi connectivity index (χ1n) is 9.93. The van der Waals surface area contributed by atoms with Gasteiger partial charge in [-0.25, -0.2) is 4.90 Å². The van der Waals surface area contributed by atoms with E-state index in [-0.39, 0.29) is 11.8 Å². The van der Waals surface area contributed by atoms with Gasteiger partial charge in [-0.3, -0.25) is 9.59 Å². The van der Waals surface area contributed by atoms with E-state index in [1.807, 2.05) is 43.3 Å². The third kappa shape index (κ3) is 4.07. The first kappa shape index (κ1) is 20.0. The molecule has 0 radical (unpaired) electrons. The molecule has 0 unspecified atom stereocenters. The number of nitrogens with zero attached hydrogens (tertiary/aromatic N) is 2. The third-order valence-corrected chi connectivity index (χ3v) is 6.80. The van der Waals surface area contributed by atoms with Crippen molar-refractivity contribution in [1.82, 2.24) is 4.90 Å². The molecular weight excluding hydrogens is 404 g/mol. The van der Waals surface area contributed by atoms with Crippen molar-refractivity contribution in [3.8, 4) is 0 Å². The average molecular weight is 427 g/mol. The van der Waals surface area contributed by atoms with E-state index in [0.29, 0.717) is 21.3 Å². The number of hydrogen-bond acceptors (Lipinski definition) is 4. The largest absolute Gasteiger partial charge is 0.366 e. The normalized spacial score (nSPS) is 17.9. The zero-order valence-corrected chi connectivity index (χ0v) is 17.9. The fraction of sp³-hybridized carbons (Fsp3) is 0.304. The maximum Gasteiger partial charge on any atom is 0.283 e. The third-order valence-electron chi connectivity index (χ3n) is 5.32. The lowest BCUT2D eigenvalue weighted by Crippen LogP contribution is -2.35. The van der Waals surface area contributed by atoms with Gasteiger partial charge in [0.25, 0.3) is 11.8 Å². The molecule has 0 saturated carbocycles. The van der Waals surface area contributed by atoms with Gasteiger partial charge in [-0.15, -0.1) is 0 Å². The van der Waals surface area contributed by atoms with Gasteiger partial charge in [0.2, 0.25) is 0 Å². The summed E-state index contributed by atoms with van der Waals surface area (Å²) in [5.41, 5.74) is 1.96. The molecule has 2 amide bonds. The Morgan fingerprint density at radius 2 is 1.59 bits per heavy atom. The Balaban J connectivity index is 1.75. The van der Waals surface area contributed by atoms with Crippen molar-refractivity contribution in [2.75, 3.05) is 18.0 Å². The lowest BCUT2D eigenvalue weighted by atomic mass is 10.2. The summed E-state index contributed by atoms with van der Waals surface area (Å²) in [5.74, 6) is -0.529. The Kier molecular flexibility index (Phi) is 5.97. The molecule has 0 spiro atoms. The molecular formula is C23H23ClN2O2S. The average Bonchev–Trinajstić information content (AvgIpc) is 2.89. The number of rotatable bonds is 4. The molecule has 0 aromatic heterocycles. The quantitative estimate of drug-likeness (QED) is 0.613. The van der Waals surface area contributed by atoms with Crippen LogP contribution in [-0.2, 0) is 9.59 Å². The first-order valence-corrected chi connectivity index (χ1v) is 11.1. The molecule has 2 aromatic rings. The van der Waals surface area contributed by atoms with E-state index < -0.39 is 0 Å². The Hall–Kier alpha value is -2.24. The molecule has 0 N–H and O–H groups in total. The highest BCUT2D eigenvalue weighted by Crippen LogP contribution is 2.39. The molecule has 1 saturated heterocycles. The van der Waals surface area contributed by atoms with Crippen molar-refractivity contribution < 1.29 is 9.59 Å². The number of likely N-dealkylation sites (tertiary alicyclic amines) is 1. The minimum absolute atomic E-state index is 0.254. The second-order valence-electron chi connectivity index (χ2n) is 7.37. The van der Waals surface area contributed by atoms with Crippen LogP contribution in [0.4, 0.5) is 5.69 Å². The van der Waals surface area contributed by atoms with E-state index in [0.717, 1.165) is 49.2 Å². The van der Waals surface area contributed by atoms with Crippen LogP contribution in [0.2, 0.25) is 5.02 Å². The summed E-state index contributed by atoms with van der Waals surface area (Å²) < 4.78 is 0. The van der Waals surface area contributed by atoms with Crippen LogP contribution in [0, 0.1) is 6.92 Å². The molecule has 0 atom stereocenters. The maximum absolute atomic E-state index is 13.5. The number of aryl methyl sites for hydroxylation is 1. The van der Waals surface area contributed by atoms with Crippen LogP contribution in [-0.4, -0.2) is 29.8 Å². The zero-order chi connectivity index (χ0) is 20.4. The lowest BCUT2D eigenvalue weighted by Gasteiger charge is -2.24. The number of halogens is 1. The summed E-state index contributed by atoms with van der Waals surface area (Å²) in [6.07, 6.45) is 4.38. The topological polar surface area (TPSA) is 40.6 Å². The van der Waals surface area contributed by atoms with E-state index in [1.165, 1.54) is 16.7 Å². The molecule has 0 bridgehead atoms. The van der Waals surface area contributed by atoms with E-state index in [1.54, 1.807) is 12.1 Å². The van der Waals surface area contributed by atoms with Crippen molar-refractivity contribution in [2.45, 2.75) is 37.5 Å². The number of thioether (sulfide) groups is 1. The molecule has 4 nitrogen and oxygen atoms in total. The predicted molar refractivity (Wildman–Crippen MR) is 118 cm³/mol. The van der Waals surface area contributed by atoms with Gasteiger partial charge in [0.1, 0.15) is 10.6 Å². The summed E-state index contributed by atoms with van der Waals surface area (Å²) in [5, 5.41) is 0.545. The van der Waals surface area contributed by atoms with Crippen molar-refractivity contribution in [3.63, 3.8) is 0 Å². The molecule has 0 aliphatic carbocycles. The second-order valence-corrected chi connectivity index (χ2v) is 8.86. The SMILES string of the molecule is Cc1ccc(N2C(=O)C(Sc3ccccc3)=C(N3CCCCCC3)C2=O)cc1Cl. The summed E-state index contributed by atoms with van der Waals surface area (Å²) in [4.78, 5) is 31.7. The van der Waals surface area contributed by atoms with Crippen molar-refractivity contribution in [3.05, 3.63) is 69.7 Å². The highest BCUT2D eigenvalue weighted by atomic mass is 35.5. The van der Waals surface area contributed by atoms with Crippen molar-refractivity contribution in [2.24, 2.45) is 0 Å².